The summed E-state index contributed by atoms with van der Waals surface area (Å²) in [6.07, 6.45) is -0.173. The number of carbonyl (C=O) groups is 1. The van der Waals surface area contributed by atoms with Gasteiger partial charge in [-0.15, -0.1) is 0 Å². The third-order valence-corrected chi connectivity index (χ3v) is 6.10. The predicted molar refractivity (Wildman–Crippen MR) is 125 cm³/mol. The number of anilines is 1. The van der Waals surface area contributed by atoms with E-state index in [0.29, 0.717) is 42.2 Å². The molecule has 0 fully saturated rings. The molecule has 1 N–H and O–H groups in total. The van der Waals surface area contributed by atoms with Crippen molar-refractivity contribution >= 4 is 28.3 Å². The first-order chi connectivity index (χ1) is 16.2. The van der Waals surface area contributed by atoms with Crippen LogP contribution in [0.5, 0.6) is 0 Å². The van der Waals surface area contributed by atoms with E-state index in [1.807, 2.05) is 19.1 Å². The fourth-order valence-corrected chi connectivity index (χ4v) is 4.24. The van der Waals surface area contributed by atoms with Gasteiger partial charge in [-0.05, 0) is 44.4 Å². The van der Waals surface area contributed by atoms with Gasteiger partial charge in [0.25, 0.3) is 6.43 Å². The van der Waals surface area contributed by atoms with E-state index < -0.39 is 23.8 Å². The molecule has 178 valence electrons. The van der Waals surface area contributed by atoms with Gasteiger partial charge >= 0.3 is 0 Å². The number of pyridine rings is 1. The van der Waals surface area contributed by atoms with Gasteiger partial charge in [0, 0.05) is 31.3 Å². The number of hydrogen-bond donors (Lipinski definition) is 1. The van der Waals surface area contributed by atoms with Crippen LogP contribution in [0.2, 0.25) is 0 Å². The van der Waals surface area contributed by atoms with E-state index in [4.69, 9.17) is 0 Å². The number of hydrogen-bond acceptors (Lipinski definition) is 5. The van der Waals surface area contributed by atoms with Gasteiger partial charge in [-0.25, -0.2) is 28.1 Å². The molecule has 0 unspecified atom stereocenters. The third-order valence-electron chi connectivity index (χ3n) is 6.10. The van der Waals surface area contributed by atoms with Crippen LogP contribution in [0, 0.1) is 19.7 Å². The van der Waals surface area contributed by atoms with Gasteiger partial charge in [0.15, 0.2) is 5.65 Å². The minimum absolute atomic E-state index is 0.0381. The van der Waals surface area contributed by atoms with Gasteiger partial charge in [-0.3, -0.25) is 4.79 Å². The molecule has 34 heavy (non-hydrogen) atoms. The summed E-state index contributed by atoms with van der Waals surface area (Å²) >= 11 is 0. The SMILES string of the molecule is CC(=O)N1CC=C(c2cc3c(N[C@H](C)c4cccc(C(F)F)c4F)nc(C)nc3nc2C)CC1. The van der Waals surface area contributed by atoms with Crippen molar-refractivity contribution in [3.8, 4) is 0 Å². The Kier molecular flexibility index (Phi) is 6.54. The lowest BCUT2D eigenvalue weighted by molar-refractivity contribution is -0.128. The Morgan fingerprint density at radius 3 is 2.53 bits per heavy atom. The molecule has 0 radical (unpaired) electrons. The fraction of sp³-hybridized carbons (Fsp3) is 0.360. The molecule has 1 aliphatic heterocycles. The number of nitrogens with one attached hydrogen (secondary N) is 1. The molecule has 4 rings (SSSR count). The maximum Gasteiger partial charge on any atom is 0.266 e. The Labute approximate surface area is 195 Å². The molecule has 0 spiro atoms. The summed E-state index contributed by atoms with van der Waals surface area (Å²) in [5.41, 5.74) is 2.82. The number of alkyl halides is 2. The summed E-state index contributed by atoms with van der Waals surface area (Å²) in [4.78, 5) is 27.0. The summed E-state index contributed by atoms with van der Waals surface area (Å²) < 4.78 is 41.1. The van der Waals surface area contributed by atoms with E-state index in [1.165, 1.54) is 12.1 Å². The highest BCUT2D eigenvalue weighted by Gasteiger charge is 2.22. The molecule has 1 aromatic carbocycles. The first-order valence-electron chi connectivity index (χ1n) is 11.1. The molecule has 0 saturated carbocycles. The van der Waals surface area contributed by atoms with Crippen LogP contribution in [0.4, 0.5) is 19.0 Å². The number of aromatic nitrogens is 3. The zero-order valence-corrected chi connectivity index (χ0v) is 19.5. The van der Waals surface area contributed by atoms with Crippen molar-refractivity contribution in [2.45, 2.75) is 46.6 Å². The standard InChI is InChI=1S/C25H26F3N5O/c1-13(18-6-5-7-19(22(18)26)23(27)28)29-24-21-12-20(14(2)30-25(21)32-15(3)31-24)17-8-10-33(11-9-17)16(4)34/h5-8,12-13,23H,9-11H2,1-4H3,(H,29,30,31,32)/t13-/m1/s1. The van der Waals surface area contributed by atoms with Crippen molar-refractivity contribution in [1.29, 1.82) is 0 Å². The van der Waals surface area contributed by atoms with Crippen molar-refractivity contribution in [2.24, 2.45) is 0 Å². The molecule has 0 aliphatic carbocycles. The number of aryl methyl sites for hydroxylation is 2. The van der Waals surface area contributed by atoms with E-state index >= 15 is 0 Å². The molecule has 3 aromatic rings. The summed E-state index contributed by atoms with van der Waals surface area (Å²) in [6.45, 7) is 8.06. The van der Waals surface area contributed by atoms with Gasteiger partial charge < -0.3 is 10.2 Å². The maximum atomic E-state index is 14.7. The third kappa shape index (κ3) is 4.60. The van der Waals surface area contributed by atoms with E-state index in [0.717, 1.165) is 22.9 Å². The Bertz CT molecular complexity index is 1290. The fourth-order valence-electron chi connectivity index (χ4n) is 4.24. The van der Waals surface area contributed by atoms with Gasteiger partial charge in [-0.1, -0.05) is 24.3 Å². The number of halogens is 3. The minimum atomic E-state index is -2.90. The zero-order valence-electron chi connectivity index (χ0n) is 19.5. The molecule has 1 atom stereocenters. The Morgan fingerprint density at radius 2 is 1.88 bits per heavy atom. The Hall–Kier alpha value is -3.49. The van der Waals surface area contributed by atoms with Crippen LogP contribution in [0.3, 0.4) is 0 Å². The highest BCUT2D eigenvalue weighted by Crippen LogP contribution is 2.32. The van der Waals surface area contributed by atoms with Gasteiger partial charge in [0.2, 0.25) is 5.91 Å². The van der Waals surface area contributed by atoms with Crippen LogP contribution in [0.1, 0.15) is 60.9 Å². The van der Waals surface area contributed by atoms with Crippen LogP contribution in [0.15, 0.2) is 30.3 Å². The Morgan fingerprint density at radius 1 is 1.15 bits per heavy atom. The molecule has 1 amide bonds. The molecule has 0 bridgehead atoms. The average Bonchev–Trinajstić information content (AvgIpc) is 2.78. The summed E-state index contributed by atoms with van der Waals surface area (Å²) in [5.74, 6) is 0.0470. The molecule has 0 saturated heterocycles. The van der Waals surface area contributed by atoms with Crippen molar-refractivity contribution in [2.75, 3.05) is 18.4 Å². The summed E-state index contributed by atoms with van der Waals surface area (Å²) in [5, 5.41) is 3.82. The molecular weight excluding hydrogens is 443 g/mol. The van der Waals surface area contributed by atoms with E-state index in [-0.39, 0.29) is 11.5 Å². The minimum Gasteiger partial charge on any atom is -0.363 e. The maximum absolute atomic E-state index is 14.7. The number of nitrogens with zero attached hydrogens (tertiary/aromatic N) is 4. The molecule has 2 aromatic heterocycles. The van der Waals surface area contributed by atoms with E-state index in [9.17, 15) is 18.0 Å². The van der Waals surface area contributed by atoms with Crippen LogP contribution < -0.4 is 5.32 Å². The molecular formula is C25H26F3N5O. The van der Waals surface area contributed by atoms with Crippen LogP contribution in [-0.2, 0) is 4.79 Å². The lowest BCUT2D eigenvalue weighted by atomic mass is 9.97. The van der Waals surface area contributed by atoms with Crippen LogP contribution in [0.25, 0.3) is 16.6 Å². The first kappa shape index (κ1) is 23.7. The smallest absolute Gasteiger partial charge is 0.266 e. The second-order valence-electron chi connectivity index (χ2n) is 8.47. The van der Waals surface area contributed by atoms with Gasteiger partial charge in [0.1, 0.15) is 17.5 Å². The quantitative estimate of drug-likeness (QED) is 0.532. The first-order valence-corrected chi connectivity index (χ1v) is 11.1. The normalized spacial score (nSPS) is 14.9. The van der Waals surface area contributed by atoms with Crippen molar-refractivity contribution in [3.63, 3.8) is 0 Å². The van der Waals surface area contributed by atoms with Gasteiger partial charge in [0.05, 0.1) is 17.0 Å². The van der Waals surface area contributed by atoms with Crippen molar-refractivity contribution in [1.82, 2.24) is 19.9 Å². The number of fused-ring (bicyclic) bond motifs is 1. The van der Waals surface area contributed by atoms with Crippen LogP contribution in [-0.4, -0.2) is 38.8 Å². The molecule has 6 nitrogen and oxygen atoms in total. The van der Waals surface area contributed by atoms with Crippen LogP contribution >= 0.6 is 0 Å². The molecule has 9 heteroatoms. The Balaban J connectivity index is 1.73. The van der Waals surface area contributed by atoms with E-state index in [1.54, 1.807) is 25.7 Å². The second-order valence-corrected chi connectivity index (χ2v) is 8.47. The largest absolute Gasteiger partial charge is 0.363 e. The summed E-state index contributed by atoms with van der Waals surface area (Å²) in [6, 6.07) is 5.32. The number of rotatable bonds is 5. The second kappa shape index (κ2) is 9.40. The lowest BCUT2D eigenvalue weighted by Crippen LogP contribution is -2.32. The molecule has 1 aliphatic rings. The van der Waals surface area contributed by atoms with Crippen molar-refractivity contribution in [3.05, 3.63) is 64.4 Å². The summed E-state index contributed by atoms with van der Waals surface area (Å²) in [7, 11) is 0. The average molecular weight is 470 g/mol. The highest BCUT2D eigenvalue weighted by atomic mass is 19.3. The number of benzene rings is 1. The molecule has 3 heterocycles. The zero-order chi connectivity index (χ0) is 24.6. The lowest BCUT2D eigenvalue weighted by Gasteiger charge is -2.26. The highest BCUT2D eigenvalue weighted by molar-refractivity contribution is 5.90. The monoisotopic (exact) mass is 469 g/mol. The number of carbonyl (C=O) groups excluding carboxylic acids is 1. The van der Waals surface area contributed by atoms with Crippen molar-refractivity contribution < 1.29 is 18.0 Å². The van der Waals surface area contributed by atoms with Gasteiger partial charge in [-0.2, -0.15) is 0 Å². The number of amides is 1. The predicted octanol–water partition coefficient (Wildman–Crippen LogP) is 5.53. The topological polar surface area (TPSA) is 71.0 Å². The van der Waals surface area contributed by atoms with E-state index in [2.05, 4.69) is 20.3 Å².